The van der Waals surface area contributed by atoms with Gasteiger partial charge in [0.1, 0.15) is 11.6 Å². The molecule has 0 bridgehead atoms. The van der Waals surface area contributed by atoms with Crippen molar-refractivity contribution in [3.8, 4) is 0 Å². The van der Waals surface area contributed by atoms with Crippen LogP contribution in [-0.4, -0.2) is 16.9 Å². The lowest BCUT2D eigenvalue weighted by molar-refractivity contribution is 0.313. The van der Waals surface area contributed by atoms with Crippen molar-refractivity contribution in [3.05, 3.63) is 65.5 Å². The quantitative estimate of drug-likeness (QED) is 0.827. The van der Waals surface area contributed by atoms with Crippen LogP contribution in [0.3, 0.4) is 0 Å². The summed E-state index contributed by atoms with van der Waals surface area (Å²) in [6.45, 7) is 1.03. The van der Waals surface area contributed by atoms with Gasteiger partial charge in [-0.3, -0.25) is 9.88 Å². The largest absolute Gasteiger partial charge is 0.298 e. The van der Waals surface area contributed by atoms with Gasteiger partial charge in [0.15, 0.2) is 0 Å². The molecule has 2 rings (SSSR count). The zero-order valence-electron chi connectivity index (χ0n) is 10.1. The molecule has 0 amide bonds. The summed E-state index contributed by atoms with van der Waals surface area (Å²) in [6.07, 6.45) is 3.43. The van der Waals surface area contributed by atoms with E-state index in [0.29, 0.717) is 18.7 Å². The van der Waals surface area contributed by atoms with Gasteiger partial charge in [0.05, 0.1) is 0 Å². The van der Waals surface area contributed by atoms with Crippen LogP contribution in [0.5, 0.6) is 0 Å². The van der Waals surface area contributed by atoms with Gasteiger partial charge in [-0.05, 0) is 42.9 Å². The van der Waals surface area contributed by atoms with Crippen molar-refractivity contribution in [1.82, 2.24) is 9.88 Å². The van der Waals surface area contributed by atoms with Crippen LogP contribution in [0.15, 0.2) is 42.7 Å². The highest BCUT2D eigenvalue weighted by molar-refractivity contribution is 5.19. The summed E-state index contributed by atoms with van der Waals surface area (Å²) in [5.74, 6) is -0.790. The standard InChI is InChI=1S/C14H14F2N2/c1-18(9-11-4-6-17-7-5-11)10-12-8-13(15)2-3-14(12)16/h2-8H,9-10H2,1H3. The van der Waals surface area contributed by atoms with Crippen molar-refractivity contribution in [2.75, 3.05) is 7.05 Å². The lowest BCUT2D eigenvalue weighted by atomic mass is 10.2. The highest BCUT2D eigenvalue weighted by Gasteiger charge is 2.07. The van der Waals surface area contributed by atoms with E-state index >= 15 is 0 Å². The van der Waals surface area contributed by atoms with Crippen molar-refractivity contribution in [2.24, 2.45) is 0 Å². The number of halogens is 2. The molecule has 94 valence electrons. The van der Waals surface area contributed by atoms with Gasteiger partial charge in [-0.15, -0.1) is 0 Å². The number of benzene rings is 1. The van der Waals surface area contributed by atoms with Crippen LogP contribution in [0.1, 0.15) is 11.1 Å². The Hall–Kier alpha value is -1.81. The van der Waals surface area contributed by atoms with Gasteiger partial charge in [-0.25, -0.2) is 8.78 Å². The van der Waals surface area contributed by atoms with E-state index in [1.807, 2.05) is 24.1 Å². The Morgan fingerprint density at radius 2 is 1.78 bits per heavy atom. The molecule has 0 N–H and O–H groups in total. The molecule has 0 atom stereocenters. The van der Waals surface area contributed by atoms with Crippen LogP contribution >= 0.6 is 0 Å². The minimum atomic E-state index is -0.413. The fourth-order valence-corrected chi connectivity index (χ4v) is 1.81. The second-order valence-electron chi connectivity index (χ2n) is 4.26. The van der Waals surface area contributed by atoms with Crippen molar-refractivity contribution in [3.63, 3.8) is 0 Å². The number of rotatable bonds is 4. The molecule has 2 aromatic rings. The van der Waals surface area contributed by atoms with E-state index < -0.39 is 5.82 Å². The topological polar surface area (TPSA) is 16.1 Å². The normalized spacial score (nSPS) is 10.9. The first-order valence-electron chi connectivity index (χ1n) is 5.66. The number of hydrogen-bond acceptors (Lipinski definition) is 2. The summed E-state index contributed by atoms with van der Waals surface area (Å²) in [6, 6.07) is 7.32. The molecule has 0 aliphatic rings. The van der Waals surface area contributed by atoms with Crippen molar-refractivity contribution in [2.45, 2.75) is 13.1 Å². The molecular formula is C14H14F2N2. The second kappa shape index (κ2) is 5.69. The fourth-order valence-electron chi connectivity index (χ4n) is 1.81. The molecule has 2 nitrogen and oxygen atoms in total. The first-order valence-corrected chi connectivity index (χ1v) is 5.66. The fraction of sp³-hybridized carbons (Fsp3) is 0.214. The molecule has 0 saturated carbocycles. The van der Waals surface area contributed by atoms with Crippen LogP contribution in [0, 0.1) is 11.6 Å². The van der Waals surface area contributed by atoms with Gasteiger partial charge in [0, 0.05) is 31.0 Å². The van der Waals surface area contributed by atoms with E-state index in [1.165, 1.54) is 6.07 Å². The first-order chi connectivity index (χ1) is 8.65. The van der Waals surface area contributed by atoms with E-state index in [0.717, 1.165) is 17.7 Å². The average molecular weight is 248 g/mol. The predicted octanol–water partition coefficient (Wildman–Crippen LogP) is 2.99. The Kier molecular flexibility index (Phi) is 3.99. The summed E-state index contributed by atoms with van der Waals surface area (Å²) in [5, 5.41) is 0. The Labute approximate surface area is 105 Å². The second-order valence-corrected chi connectivity index (χ2v) is 4.26. The zero-order valence-corrected chi connectivity index (χ0v) is 10.1. The molecule has 0 spiro atoms. The lowest BCUT2D eigenvalue weighted by Gasteiger charge is -2.17. The van der Waals surface area contributed by atoms with Crippen molar-refractivity contribution in [1.29, 1.82) is 0 Å². The van der Waals surface area contributed by atoms with Gasteiger partial charge >= 0.3 is 0 Å². The Morgan fingerprint density at radius 1 is 1.06 bits per heavy atom. The average Bonchev–Trinajstić information content (AvgIpc) is 2.35. The van der Waals surface area contributed by atoms with E-state index in [4.69, 9.17) is 0 Å². The third-order valence-corrected chi connectivity index (χ3v) is 2.65. The lowest BCUT2D eigenvalue weighted by Crippen LogP contribution is -2.18. The Bertz CT molecular complexity index is 514. The predicted molar refractivity (Wildman–Crippen MR) is 65.8 cm³/mol. The molecular weight excluding hydrogens is 234 g/mol. The van der Waals surface area contributed by atoms with E-state index in [2.05, 4.69) is 4.98 Å². The monoisotopic (exact) mass is 248 g/mol. The minimum Gasteiger partial charge on any atom is -0.298 e. The van der Waals surface area contributed by atoms with Crippen LogP contribution in [0.4, 0.5) is 8.78 Å². The van der Waals surface area contributed by atoms with Crippen LogP contribution in [0.2, 0.25) is 0 Å². The molecule has 0 unspecified atom stereocenters. The summed E-state index contributed by atoms with van der Waals surface area (Å²) in [4.78, 5) is 5.86. The third kappa shape index (κ3) is 3.34. The summed E-state index contributed by atoms with van der Waals surface area (Å²) >= 11 is 0. The maximum Gasteiger partial charge on any atom is 0.127 e. The molecule has 1 aromatic heterocycles. The minimum absolute atomic E-state index is 0.367. The smallest absolute Gasteiger partial charge is 0.127 e. The number of hydrogen-bond donors (Lipinski definition) is 0. The highest BCUT2D eigenvalue weighted by atomic mass is 19.1. The third-order valence-electron chi connectivity index (χ3n) is 2.65. The zero-order chi connectivity index (χ0) is 13.0. The van der Waals surface area contributed by atoms with E-state index in [-0.39, 0.29) is 5.82 Å². The molecule has 0 saturated heterocycles. The highest BCUT2D eigenvalue weighted by Crippen LogP contribution is 2.13. The molecule has 1 aromatic carbocycles. The molecule has 0 aliphatic carbocycles. The molecule has 0 fully saturated rings. The maximum absolute atomic E-state index is 13.5. The van der Waals surface area contributed by atoms with Crippen molar-refractivity contribution >= 4 is 0 Å². The first kappa shape index (κ1) is 12.6. The van der Waals surface area contributed by atoms with Gasteiger partial charge in [0.2, 0.25) is 0 Å². The van der Waals surface area contributed by atoms with Crippen LogP contribution in [-0.2, 0) is 13.1 Å². The Morgan fingerprint density at radius 3 is 2.50 bits per heavy atom. The van der Waals surface area contributed by atoms with Crippen LogP contribution < -0.4 is 0 Å². The van der Waals surface area contributed by atoms with Gasteiger partial charge < -0.3 is 0 Å². The van der Waals surface area contributed by atoms with Crippen LogP contribution in [0.25, 0.3) is 0 Å². The van der Waals surface area contributed by atoms with E-state index in [9.17, 15) is 8.78 Å². The molecule has 1 heterocycles. The summed E-state index contributed by atoms with van der Waals surface area (Å²) < 4.78 is 26.5. The molecule has 0 aliphatic heterocycles. The number of nitrogens with zero attached hydrogens (tertiary/aromatic N) is 2. The van der Waals surface area contributed by atoms with Gasteiger partial charge in [0.25, 0.3) is 0 Å². The Balaban J connectivity index is 2.03. The van der Waals surface area contributed by atoms with E-state index in [1.54, 1.807) is 12.4 Å². The van der Waals surface area contributed by atoms with Crippen molar-refractivity contribution < 1.29 is 8.78 Å². The maximum atomic E-state index is 13.5. The number of pyridine rings is 1. The van der Waals surface area contributed by atoms with Gasteiger partial charge in [-0.1, -0.05) is 0 Å². The SMILES string of the molecule is CN(Cc1ccncc1)Cc1cc(F)ccc1F. The number of aromatic nitrogens is 1. The van der Waals surface area contributed by atoms with Gasteiger partial charge in [-0.2, -0.15) is 0 Å². The summed E-state index contributed by atoms with van der Waals surface area (Å²) in [5.41, 5.74) is 1.45. The molecule has 0 radical (unpaired) electrons. The molecule has 4 heteroatoms. The summed E-state index contributed by atoms with van der Waals surface area (Å²) in [7, 11) is 1.87. The molecule has 18 heavy (non-hydrogen) atoms.